The van der Waals surface area contributed by atoms with Crippen LogP contribution in [0.15, 0.2) is 54.9 Å². The molecule has 1 aromatic carbocycles. The zero-order chi connectivity index (χ0) is 14.5. The fraction of sp³-hybridized carbons (Fsp3) is 0.200. The van der Waals surface area contributed by atoms with Gasteiger partial charge in [-0.05, 0) is 11.6 Å². The lowest BCUT2D eigenvalue weighted by atomic mass is 10.0. The second-order valence-corrected chi connectivity index (χ2v) is 4.45. The highest BCUT2D eigenvalue weighted by atomic mass is 16.4. The van der Waals surface area contributed by atoms with Gasteiger partial charge in [0, 0.05) is 6.07 Å². The van der Waals surface area contributed by atoms with Crippen LogP contribution in [0.2, 0.25) is 0 Å². The van der Waals surface area contributed by atoms with Crippen LogP contribution in [0.3, 0.4) is 0 Å². The number of aliphatic hydroxyl groups is 2. The molecule has 0 spiro atoms. The summed E-state index contributed by atoms with van der Waals surface area (Å²) in [6.45, 7) is -0.302. The molecule has 104 valence electrons. The van der Waals surface area contributed by atoms with Crippen molar-refractivity contribution >= 4 is 5.97 Å². The van der Waals surface area contributed by atoms with E-state index in [2.05, 4.69) is 0 Å². The Morgan fingerprint density at radius 1 is 1.15 bits per heavy atom. The first-order chi connectivity index (χ1) is 9.63. The van der Waals surface area contributed by atoms with Crippen molar-refractivity contribution < 1.29 is 24.7 Å². The normalized spacial score (nSPS) is 13.7. The first-order valence-electron chi connectivity index (χ1n) is 6.21. The molecule has 1 heterocycles. The van der Waals surface area contributed by atoms with E-state index in [9.17, 15) is 15.0 Å². The Balaban J connectivity index is 2.32. The summed E-state index contributed by atoms with van der Waals surface area (Å²) in [5, 5.41) is 28.8. The molecule has 1 aromatic heterocycles. The Morgan fingerprint density at radius 2 is 1.85 bits per heavy atom. The van der Waals surface area contributed by atoms with E-state index in [0.717, 1.165) is 0 Å². The van der Waals surface area contributed by atoms with Gasteiger partial charge in [0.25, 0.3) is 0 Å². The number of nitrogens with zero attached hydrogens (tertiary/aromatic N) is 1. The van der Waals surface area contributed by atoms with E-state index < -0.39 is 18.1 Å². The Morgan fingerprint density at radius 3 is 2.45 bits per heavy atom. The Kier molecular flexibility index (Phi) is 4.45. The van der Waals surface area contributed by atoms with Gasteiger partial charge in [-0.15, -0.1) is 0 Å². The van der Waals surface area contributed by atoms with Gasteiger partial charge >= 0.3 is 5.97 Å². The standard InChI is InChI=1S/C15H15NO4/c17-10-13(14(18)11-5-2-1-3-6-11)16-8-4-7-12(9-16)15(19)20/h1-9,13-14,17-18H,10H2/p+1. The largest absolute Gasteiger partial charge is 0.477 e. The maximum atomic E-state index is 11.0. The van der Waals surface area contributed by atoms with E-state index in [4.69, 9.17) is 5.11 Å². The summed E-state index contributed by atoms with van der Waals surface area (Å²) >= 11 is 0. The van der Waals surface area contributed by atoms with Crippen molar-refractivity contribution in [3.8, 4) is 0 Å². The molecule has 0 saturated heterocycles. The molecule has 3 N–H and O–H groups in total. The summed E-state index contributed by atoms with van der Waals surface area (Å²) in [6.07, 6.45) is 2.10. The summed E-state index contributed by atoms with van der Waals surface area (Å²) < 4.78 is 1.52. The van der Waals surface area contributed by atoms with Crippen LogP contribution in [-0.2, 0) is 0 Å². The monoisotopic (exact) mass is 274 g/mol. The van der Waals surface area contributed by atoms with Gasteiger partial charge < -0.3 is 15.3 Å². The molecular formula is C15H16NO4+. The second-order valence-electron chi connectivity index (χ2n) is 4.45. The van der Waals surface area contributed by atoms with Crippen LogP contribution in [0, 0.1) is 0 Å². The number of aromatic carboxylic acids is 1. The van der Waals surface area contributed by atoms with Gasteiger partial charge in [-0.25, -0.2) is 4.79 Å². The van der Waals surface area contributed by atoms with Crippen molar-refractivity contribution in [2.24, 2.45) is 0 Å². The Labute approximate surface area is 116 Å². The predicted molar refractivity (Wildman–Crippen MR) is 71.1 cm³/mol. The number of rotatable bonds is 5. The maximum absolute atomic E-state index is 11.0. The number of hydrogen-bond donors (Lipinski definition) is 3. The summed E-state index contributed by atoms with van der Waals surface area (Å²) in [5.74, 6) is -1.05. The fourth-order valence-electron chi connectivity index (χ4n) is 2.06. The number of benzene rings is 1. The van der Waals surface area contributed by atoms with Crippen LogP contribution < -0.4 is 4.57 Å². The van der Waals surface area contributed by atoms with Crippen molar-refractivity contribution in [2.75, 3.05) is 6.61 Å². The van der Waals surface area contributed by atoms with E-state index >= 15 is 0 Å². The molecule has 20 heavy (non-hydrogen) atoms. The van der Waals surface area contributed by atoms with E-state index in [0.29, 0.717) is 5.56 Å². The third-order valence-electron chi connectivity index (χ3n) is 3.14. The number of carbonyl (C=O) groups is 1. The van der Waals surface area contributed by atoms with Crippen molar-refractivity contribution in [3.63, 3.8) is 0 Å². The topological polar surface area (TPSA) is 81.6 Å². The van der Waals surface area contributed by atoms with Crippen molar-refractivity contribution in [3.05, 3.63) is 66.0 Å². The molecule has 0 fully saturated rings. The van der Waals surface area contributed by atoms with Gasteiger partial charge in [0.05, 0.1) is 0 Å². The van der Waals surface area contributed by atoms with Crippen molar-refractivity contribution in [2.45, 2.75) is 12.1 Å². The Hall–Kier alpha value is -2.24. The maximum Gasteiger partial charge on any atom is 0.341 e. The van der Waals surface area contributed by atoms with Crippen LogP contribution in [-0.4, -0.2) is 27.9 Å². The molecule has 2 atom stereocenters. The molecular weight excluding hydrogens is 258 g/mol. The lowest BCUT2D eigenvalue weighted by Gasteiger charge is -2.17. The van der Waals surface area contributed by atoms with Crippen molar-refractivity contribution in [1.82, 2.24) is 0 Å². The van der Waals surface area contributed by atoms with Gasteiger partial charge in [0.15, 0.2) is 12.4 Å². The first kappa shape index (κ1) is 14.2. The molecule has 0 aliphatic carbocycles. The summed E-state index contributed by atoms with van der Waals surface area (Å²) in [7, 11) is 0. The van der Waals surface area contributed by atoms with E-state index in [1.165, 1.54) is 16.8 Å². The quantitative estimate of drug-likeness (QED) is 0.709. The molecule has 0 radical (unpaired) electrons. The molecule has 2 rings (SSSR count). The summed E-state index contributed by atoms with van der Waals surface area (Å²) in [5.41, 5.74) is 0.769. The molecule has 0 aliphatic heterocycles. The molecule has 0 amide bonds. The SMILES string of the molecule is O=C(O)c1ccc[n+](C(CO)C(O)c2ccccc2)c1. The molecule has 5 nitrogen and oxygen atoms in total. The third-order valence-corrected chi connectivity index (χ3v) is 3.14. The number of aliphatic hydroxyl groups excluding tert-OH is 2. The van der Waals surface area contributed by atoms with Crippen LogP contribution >= 0.6 is 0 Å². The average Bonchev–Trinajstić information content (AvgIpc) is 2.49. The zero-order valence-electron chi connectivity index (χ0n) is 10.8. The summed E-state index contributed by atoms with van der Waals surface area (Å²) in [4.78, 5) is 11.0. The third kappa shape index (κ3) is 3.01. The minimum Gasteiger partial charge on any atom is -0.477 e. The highest BCUT2D eigenvalue weighted by Crippen LogP contribution is 2.21. The highest BCUT2D eigenvalue weighted by molar-refractivity contribution is 5.86. The minimum atomic E-state index is -1.05. The fourth-order valence-corrected chi connectivity index (χ4v) is 2.06. The zero-order valence-corrected chi connectivity index (χ0v) is 10.8. The molecule has 2 aromatic rings. The Bertz CT molecular complexity index is 585. The van der Waals surface area contributed by atoms with Gasteiger partial charge in [0.2, 0.25) is 6.04 Å². The molecule has 0 bridgehead atoms. The van der Waals surface area contributed by atoms with E-state index in [1.807, 2.05) is 6.07 Å². The van der Waals surface area contributed by atoms with Gasteiger partial charge in [-0.1, -0.05) is 30.3 Å². The molecule has 0 saturated carbocycles. The van der Waals surface area contributed by atoms with Crippen LogP contribution in [0.1, 0.15) is 28.1 Å². The molecule has 5 heteroatoms. The van der Waals surface area contributed by atoms with Gasteiger partial charge in [0.1, 0.15) is 18.3 Å². The lowest BCUT2D eigenvalue weighted by Crippen LogP contribution is -2.45. The number of hydrogen-bond acceptors (Lipinski definition) is 3. The number of aromatic nitrogens is 1. The lowest BCUT2D eigenvalue weighted by molar-refractivity contribution is -0.733. The smallest absolute Gasteiger partial charge is 0.341 e. The van der Waals surface area contributed by atoms with Crippen LogP contribution in [0.5, 0.6) is 0 Å². The van der Waals surface area contributed by atoms with Crippen molar-refractivity contribution in [1.29, 1.82) is 0 Å². The minimum absolute atomic E-state index is 0.103. The number of carboxylic acid groups (broad SMARTS) is 1. The second kappa shape index (κ2) is 6.27. The molecule has 2 unspecified atom stereocenters. The number of pyridine rings is 1. The predicted octanol–water partition coefficient (Wildman–Crippen LogP) is 0.939. The van der Waals surface area contributed by atoms with E-state index in [-0.39, 0.29) is 12.2 Å². The van der Waals surface area contributed by atoms with E-state index in [1.54, 1.807) is 36.5 Å². The number of carboxylic acids is 1. The average molecular weight is 274 g/mol. The highest BCUT2D eigenvalue weighted by Gasteiger charge is 2.29. The molecule has 0 aliphatic rings. The van der Waals surface area contributed by atoms with Gasteiger partial charge in [-0.2, -0.15) is 4.57 Å². The van der Waals surface area contributed by atoms with Gasteiger partial charge in [-0.3, -0.25) is 0 Å². The summed E-state index contributed by atoms with van der Waals surface area (Å²) in [6, 6.07) is 11.3. The first-order valence-corrected chi connectivity index (χ1v) is 6.21. The van der Waals surface area contributed by atoms with Crippen LogP contribution in [0.4, 0.5) is 0 Å². The van der Waals surface area contributed by atoms with Crippen LogP contribution in [0.25, 0.3) is 0 Å².